The minimum atomic E-state index is -3.51. The van der Waals surface area contributed by atoms with Crippen molar-refractivity contribution in [1.82, 2.24) is 9.29 Å². The molecule has 0 amide bonds. The van der Waals surface area contributed by atoms with Gasteiger partial charge < -0.3 is 0 Å². The summed E-state index contributed by atoms with van der Waals surface area (Å²) in [6.07, 6.45) is 4.51. The molecule has 0 unspecified atom stereocenters. The summed E-state index contributed by atoms with van der Waals surface area (Å²) in [6.45, 7) is 1.12. The van der Waals surface area contributed by atoms with Crippen LogP contribution in [-0.2, 0) is 16.4 Å². The van der Waals surface area contributed by atoms with Crippen LogP contribution in [0.2, 0.25) is 0 Å². The van der Waals surface area contributed by atoms with Crippen LogP contribution in [0.5, 0.6) is 0 Å². The largest absolute Gasteiger partial charge is 0.253 e. The second-order valence-corrected chi connectivity index (χ2v) is 11.7. The van der Waals surface area contributed by atoms with Crippen LogP contribution < -0.4 is 5.43 Å². The van der Waals surface area contributed by atoms with Gasteiger partial charge in [-0.05, 0) is 48.4 Å². The topological polar surface area (TPSA) is 74.7 Å². The van der Waals surface area contributed by atoms with Gasteiger partial charge in [0.1, 0.15) is 0 Å². The van der Waals surface area contributed by atoms with Crippen LogP contribution in [-0.4, -0.2) is 37.0 Å². The van der Waals surface area contributed by atoms with Crippen LogP contribution in [0.1, 0.15) is 24.0 Å². The number of nitrogens with zero attached hydrogens (tertiary/aromatic N) is 3. The van der Waals surface area contributed by atoms with Crippen molar-refractivity contribution in [3.05, 3.63) is 101 Å². The van der Waals surface area contributed by atoms with Crippen molar-refractivity contribution in [3.8, 4) is 11.3 Å². The molecule has 1 aliphatic heterocycles. The Morgan fingerprint density at radius 2 is 1.61 bits per heavy atom. The van der Waals surface area contributed by atoms with Crippen molar-refractivity contribution in [2.75, 3.05) is 18.5 Å². The third-order valence-corrected chi connectivity index (χ3v) is 9.07. The maximum Gasteiger partial charge on any atom is 0.243 e. The molecule has 4 aromatic rings. The highest BCUT2D eigenvalue weighted by atomic mass is 32.2. The number of sulfonamides is 1. The summed E-state index contributed by atoms with van der Waals surface area (Å²) in [5.74, 6) is 0.519. The first-order chi connectivity index (χ1) is 17.6. The van der Waals surface area contributed by atoms with Crippen LogP contribution in [0.4, 0.5) is 5.13 Å². The van der Waals surface area contributed by atoms with Gasteiger partial charge in [-0.2, -0.15) is 9.41 Å². The summed E-state index contributed by atoms with van der Waals surface area (Å²) in [6, 6.07) is 27.3. The molecule has 6 nitrogen and oxygen atoms in total. The summed E-state index contributed by atoms with van der Waals surface area (Å²) in [4.78, 5) is 4.90. The van der Waals surface area contributed by atoms with Gasteiger partial charge in [0, 0.05) is 24.0 Å². The Morgan fingerprint density at radius 3 is 2.31 bits per heavy atom. The van der Waals surface area contributed by atoms with Gasteiger partial charge in [-0.25, -0.2) is 13.4 Å². The molecule has 8 heteroatoms. The zero-order chi connectivity index (χ0) is 24.8. The van der Waals surface area contributed by atoms with Crippen LogP contribution in [0, 0.1) is 5.92 Å². The molecule has 3 aromatic carbocycles. The Bertz CT molecular complexity index is 1390. The maximum absolute atomic E-state index is 13.2. The molecule has 0 saturated carbocycles. The molecule has 0 aliphatic carbocycles. The van der Waals surface area contributed by atoms with Gasteiger partial charge in [0.05, 0.1) is 16.8 Å². The van der Waals surface area contributed by atoms with Crippen molar-refractivity contribution in [2.45, 2.75) is 24.2 Å². The van der Waals surface area contributed by atoms with Crippen LogP contribution in [0.25, 0.3) is 11.3 Å². The fourth-order valence-electron chi connectivity index (χ4n) is 4.41. The molecule has 0 spiro atoms. The minimum Gasteiger partial charge on any atom is -0.253 e. The average molecular weight is 517 g/mol. The highest BCUT2D eigenvalue weighted by molar-refractivity contribution is 7.89. The van der Waals surface area contributed by atoms with E-state index in [0.717, 1.165) is 36.1 Å². The molecule has 1 saturated heterocycles. The molecule has 2 heterocycles. The molecule has 1 aromatic heterocycles. The molecule has 36 heavy (non-hydrogen) atoms. The van der Waals surface area contributed by atoms with E-state index in [1.54, 1.807) is 22.7 Å². The van der Waals surface area contributed by atoms with Crippen LogP contribution >= 0.6 is 11.3 Å². The Balaban J connectivity index is 1.18. The lowest BCUT2D eigenvalue weighted by molar-refractivity contribution is 0.273. The predicted molar refractivity (Wildman–Crippen MR) is 147 cm³/mol. The Morgan fingerprint density at radius 1 is 0.944 bits per heavy atom. The molecular formula is C28H28N4O2S2. The van der Waals surface area contributed by atoms with E-state index in [-0.39, 0.29) is 0 Å². The molecule has 1 aliphatic rings. The van der Waals surface area contributed by atoms with Crippen molar-refractivity contribution in [1.29, 1.82) is 0 Å². The summed E-state index contributed by atoms with van der Waals surface area (Å²) in [5.41, 5.74) is 6.92. The maximum atomic E-state index is 13.2. The van der Waals surface area contributed by atoms with Gasteiger partial charge in [0.15, 0.2) is 0 Å². The summed E-state index contributed by atoms with van der Waals surface area (Å²) >= 11 is 1.45. The number of hydrogen-bond donors (Lipinski definition) is 1. The third kappa shape index (κ3) is 5.90. The van der Waals surface area contributed by atoms with E-state index < -0.39 is 10.0 Å². The lowest BCUT2D eigenvalue weighted by Gasteiger charge is -2.31. The van der Waals surface area contributed by atoms with Crippen LogP contribution in [0.15, 0.2) is 100 Å². The lowest BCUT2D eigenvalue weighted by Crippen LogP contribution is -2.38. The highest BCUT2D eigenvalue weighted by Crippen LogP contribution is 2.29. The molecule has 0 radical (unpaired) electrons. The Kier molecular flexibility index (Phi) is 7.55. The normalized spacial score (nSPS) is 15.3. The first kappa shape index (κ1) is 24.4. The lowest BCUT2D eigenvalue weighted by atomic mass is 9.91. The average Bonchev–Trinajstić information content (AvgIpc) is 3.39. The van der Waals surface area contributed by atoms with E-state index in [0.29, 0.717) is 29.0 Å². The first-order valence-corrected chi connectivity index (χ1v) is 14.3. The van der Waals surface area contributed by atoms with Crippen molar-refractivity contribution < 1.29 is 8.42 Å². The van der Waals surface area contributed by atoms with Gasteiger partial charge in [-0.1, -0.05) is 72.8 Å². The number of anilines is 1. The van der Waals surface area contributed by atoms with Gasteiger partial charge >= 0.3 is 0 Å². The smallest absolute Gasteiger partial charge is 0.243 e. The highest BCUT2D eigenvalue weighted by Gasteiger charge is 2.29. The fourth-order valence-corrected chi connectivity index (χ4v) is 6.54. The van der Waals surface area contributed by atoms with E-state index in [4.69, 9.17) is 0 Å². The number of rotatable bonds is 8. The second kappa shape index (κ2) is 11.2. The van der Waals surface area contributed by atoms with Gasteiger partial charge in [0.25, 0.3) is 0 Å². The monoisotopic (exact) mass is 516 g/mol. The predicted octanol–water partition coefficient (Wildman–Crippen LogP) is 5.90. The number of nitrogens with one attached hydrogen (secondary N) is 1. The number of thiazole rings is 1. The first-order valence-electron chi connectivity index (χ1n) is 12.0. The molecule has 1 fully saturated rings. The number of hydrazone groups is 1. The molecule has 0 bridgehead atoms. The van der Waals surface area contributed by atoms with Crippen LogP contribution in [0.3, 0.4) is 0 Å². The molecule has 184 valence electrons. The summed E-state index contributed by atoms with van der Waals surface area (Å²) in [5, 5.41) is 6.84. The molecule has 0 atom stereocenters. The fraction of sp³-hybridized carbons (Fsp3) is 0.214. The van der Waals surface area contributed by atoms with E-state index >= 15 is 0 Å². The van der Waals surface area contributed by atoms with Gasteiger partial charge in [0.2, 0.25) is 15.2 Å². The number of benzene rings is 3. The van der Waals surface area contributed by atoms with Crippen molar-refractivity contribution in [2.24, 2.45) is 11.0 Å². The van der Waals surface area contributed by atoms with Gasteiger partial charge in [-0.15, -0.1) is 11.3 Å². The van der Waals surface area contributed by atoms with Crippen molar-refractivity contribution in [3.63, 3.8) is 0 Å². The van der Waals surface area contributed by atoms with E-state index in [9.17, 15) is 8.42 Å². The Labute approximate surface area is 216 Å². The van der Waals surface area contributed by atoms with E-state index in [1.807, 2.05) is 53.9 Å². The molecule has 5 rings (SSSR count). The van der Waals surface area contributed by atoms with Gasteiger partial charge in [-0.3, -0.25) is 5.43 Å². The minimum absolute atomic E-state index is 0.328. The summed E-state index contributed by atoms with van der Waals surface area (Å²) < 4.78 is 28.1. The van der Waals surface area contributed by atoms with Crippen molar-refractivity contribution >= 4 is 32.7 Å². The zero-order valence-corrected chi connectivity index (χ0v) is 21.5. The quantitative estimate of drug-likeness (QED) is 0.234. The van der Waals surface area contributed by atoms with E-state index in [1.165, 1.54) is 16.9 Å². The standard InChI is InChI=1S/C28H28N4O2S2/c33-36(34,32-17-15-23(16-18-32)19-22-7-3-1-4-8-22)26-13-11-25(12-14-26)27-21-35-28(30-27)31-29-20-24-9-5-2-6-10-24/h1-14,20-21,23H,15-19H2,(H,30,31)/b29-20+. The Hall–Kier alpha value is -3.33. The number of piperidine rings is 1. The molecule has 1 N–H and O–H groups in total. The number of hydrogen-bond acceptors (Lipinski definition) is 6. The summed E-state index contributed by atoms with van der Waals surface area (Å²) in [7, 11) is -3.51. The number of aromatic nitrogens is 1. The van der Waals surface area contributed by atoms with E-state index in [2.05, 4.69) is 39.8 Å². The third-order valence-electron chi connectivity index (χ3n) is 6.41. The zero-order valence-electron chi connectivity index (χ0n) is 19.8. The molecular weight excluding hydrogens is 488 g/mol. The SMILES string of the molecule is O=S(=O)(c1ccc(-c2csc(N/N=C/c3ccccc3)n2)cc1)N1CCC(Cc2ccccc2)CC1. The second-order valence-electron chi connectivity index (χ2n) is 8.88.